The monoisotopic (exact) mass is 106 g/mol. The van der Waals surface area contributed by atoms with E-state index in [9.17, 15) is 0 Å². The van der Waals surface area contributed by atoms with Crippen molar-refractivity contribution in [2.45, 2.75) is 6.92 Å². The molecule has 0 aromatic heterocycles. The maximum atomic E-state index is 4.00. The topological polar surface area (TPSA) is 52.0 Å². The highest BCUT2D eigenvalue weighted by molar-refractivity contribution is 7.83. The fraction of sp³-hybridized carbons (Fsp3) is 0.333. The lowest BCUT2D eigenvalue weighted by Crippen LogP contribution is -2.02. The molecule has 0 aliphatic carbocycles. The SMILES string of the molecule is CC=CS.NN. The molecule has 0 rings (SSSR count). The van der Waals surface area contributed by atoms with E-state index >= 15 is 0 Å². The van der Waals surface area contributed by atoms with Gasteiger partial charge in [0, 0.05) is 0 Å². The van der Waals surface area contributed by atoms with Crippen molar-refractivity contribution in [1.29, 1.82) is 0 Å². The van der Waals surface area contributed by atoms with Crippen LogP contribution in [0.25, 0.3) is 0 Å². The lowest BCUT2D eigenvalue weighted by Gasteiger charge is -1.49. The highest BCUT2D eigenvalue weighted by atomic mass is 32.1. The van der Waals surface area contributed by atoms with Crippen LogP contribution in [0.15, 0.2) is 11.5 Å². The highest BCUT2D eigenvalue weighted by Crippen LogP contribution is 1.69. The maximum absolute atomic E-state index is 4.00. The molecule has 3 heteroatoms. The minimum atomic E-state index is 1.69. The average Bonchev–Trinajstić information content (AvgIpc) is 1.72. The Kier molecular flexibility index (Phi) is 31.2. The molecule has 0 saturated heterocycles. The normalized spacial score (nSPS) is 7.33. The average molecular weight is 106 g/mol. The Labute approximate surface area is 43.6 Å². The first-order valence-electron chi connectivity index (χ1n) is 1.50. The number of hydrogen-bond acceptors (Lipinski definition) is 3. The summed E-state index contributed by atoms with van der Waals surface area (Å²) in [4.78, 5) is 0. The van der Waals surface area contributed by atoms with Crippen molar-refractivity contribution >= 4 is 12.6 Å². The van der Waals surface area contributed by atoms with Crippen LogP contribution in [0.5, 0.6) is 0 Å². The largest absolute Gasteiger partial charge is 0.274 e. The summed E-state index contributed by atoms with van der Waals surface area (Å²) in [6, 6.07) is 0. The summed E-state index contributed by atoms with van der Waals surface area (Å²) in [6.45, 7) is 1.92. The van der Waals surface area contributed by atoms with E-state index in [0.29, 0.717) is 0 Å². The number of hydrazine groups is 1. The summed E-state index contributed by atoms with van der Waals surface area (Å²) in [5.74, 6) is 8.00. The van der Waals surface area contributed by atoms with Crippen LogP contribution in [-0.2, 0) is 0 Å². The Morgan fingerprint density at radius 1 is 1.50 bits per heavy atom. The third kappa shape index (κ3) is 35.6. The molecular weight excluding hydrogens is 96.1 g/mol. The van der Waals surface area contributed by atoms with Crippen LogP contribution < -0.4 is 11.7 Å². The quantitative estimate of drug-likeness (QED) is 0.236. The fourth-order valence-corrected chi connectivity index (χ4v) is 0. The van der Waals surface area contributed by atoms with Crippen molar-refractivity contribution in [3.8, 4) is 0 Å². The zero-order chi connectivity index (χ0) is 5.41. The molecule has 2 nitrogen and oxygen atoms in total. The predicted molar refractivity (Wildman–Crippen MR) is 32.2 cm³/mol. The van der Waals surface area contributed by atoms with Crippen LogP contribution in [0.2, 0.25) is 0 Å². The Bertz CT molecular complexity index is 24.0. The van der Waals surface area contributed by atoms with E-state index in [1.165, 1.54) is 0 Å². The van der Waals surface area contributed by atoms with Gasteiger partial charge in [0.1, 0.15) is 0 Å². The van der Waals surface area contributed by atoms with E-state index < -0.39 is 0 Å². The van der Waals surface area contributed by atoms with E-state index in [2.05, 4.69) is 24.3 Å². The van der Waals surface area contributed by atoms with Gasteiger partial charge in [0.05, 0.1) is 0 Å². The predicted octanol–water partition coefficient (Wildman–Crippen LogP) is 0.269. The first-order valence-corrected chi connectivity index (χ1v) is 2.02. The summed E-state index contributed by atoms with van der Waals surface area (Å²) in [7, 11) is 0. The smallest absolute Gasteiger partial charge is 0.0367 e. The van der Waals surface area contributed by atoms with Gasteiger partial charge in [0.15, 0.2) is 0 Å². The molecule has 0 aromatic carbocycles. The summed E-state index contributed by atoms with van der Waals surface area (Å²) >= 11 is 3.74. The number of thiol groups is 1. The molecule has 0 aliphatic heterocycles. The molecule has 0 spiro atoms. The van der Waals surface area contributed by atoms with Crippen molar-refractivity contribution < 1.29 is 0 Å². The van der Waals surface area contributed by atoms with E-state index in [1.807, 2.05) is 13.0 Å². The molecule has 0 bridgehead atoms. The summed E-state index contributed by atoms with van der Waals surface area (Å²) < 4.78 is 0. The van der Waals surface area contributed by atoms with Crippen molar-refractivity contribution in [2.75, 3.05) is 0 Å². The van der Waals surface area contributed by atoms with Gasteiger partial charge in [0.25, 0.3) is 0 Å². The molecule has 0 atom stereocenters. The second-order valence-electron chi connectivity index (χ2n) is 0.482. The molecule has 0 heterocycles. The molecule has 0 radical (unpaired) electrons. The van der Waals surface area contributed by atoms with Gasteiger partial charge in [-0.15, -0.1) is 0 Å². The first kappa shape index (κ1) is 9.38. The molecule has 6 heavy (non-hydrogen) atoms. The van der Waals surface area contributed by atoms with Crippen molar-refractivity contribution in [3.05, 3.63) is 11.5 Å². The van der Waals surface area contributed by atoms with Crippen LogP contribution in [0, 0.1) is 0 Å². The van der Waals surface area contributed by atoms with Gasteiger partial charge in [-0.25, -0.2) is 0 Å². The van der Waals surface area contributed by atoms with Crippen LogP contribution in [-0.4, -0.2) is 0 Å². The van der Waals surface area contributed by atoms with Crippen molar-refractivity contribution in [1.82, 2.24) is 0 Å². The molecule has 0 fully saturated rings. The zero-order valence-electron chi connectivity index (χ0n) is 3.76. The zero-order valence-corrected chi connectivity index (χ0v) is 4.65. The molecular formula is C3H10N2S. The lowest BCUT2D eigenvalue weighted by molar-refractivity contribution is 1.26. The Balaban J connectivity index is 0. The minimum absolute atomic E-state index is 1.69. The summed E-state index contributed by atoms with van der Waals surface area (Å²) in [5.41, 5.74) is 0. The number of hydrogen-bond donors (Lipinski definition) is 3. The van der Waals surface area contributed by atoms with Gasteiger partial charge in [-0.3, -0.25) is 11.7 Å². The summed E-state index contributed by atoms with van der Waals surface area (Å²) in [5, 5.41) is 1.69. The Morgan fingerprint density at radius 3 is 1.67 bits per heavy atom. The van der Waals surface area contributed by atoms with Crippen LogP contribution in [0.3, 0.4) is 0 Å². The number of nitrogens with two attached hydrogens (primary N) is 2. The van der Waals surface area contributed by atoms with Gasteiger partial charge in [-0.05, 0) is 12.3 Å². The van der Waals surface area contributed by atoms with Gasteiger partial charge in [-0.1, -0.05) is 6.08 Å². The standard InChI is InChI=1S/C3H6S.H4N2/c1-2-3-4;1-2/h2-4H,1H3;1-2H2. The first-order chi connectivity index (χ1) is 2.91. The maximum Gasteiger partial charge on any atom is -0.0367 e. The van der Waals surface area contributed by atoms with Crippen LogP contribution in [0.4, 0.5) is 0 Å². The Morgan fingerprint density at radius 2 is 1.67 bits per heavy atom. The van der Waals surface area contributed by atoms with E-state index in [4.69, 9.17) is 0 Å². The van der Waals surface area contributed by atoms with Gasteiger partial charge in [-0.2, -0.15) is 12.6 Å². The molecule has 4 N–H and O–H groups in total. The van der Waals surface area contributed by atoms with Crippen molar-refractivity contribution in [3.63, 3.8) is 0 Å². The van der Waals surface area contributed by atoms with Gasteiger partial charge >= 0.3 is 0 Å². The fourth-order valence-electron chi connectivity index (χ4n) is 0. The molecule has 0 unspecified atom stereocenters. The highest BCUT2D eigenvalue weighted by Gasteiger charge is 1.34. The molecule has 38 valence electrons. The third-order valence-corrected chi connectivity index (χ3v) is 0.447. The van der Waals surface area contributed by atoms with Gasteiger partial charge in [0.2, 0.25) is 0 Å². The van der Waals surface area contributed by atoms with E-state index in [-0.39, 0.29) is 0 Å². The molecule has 0 aliphatic rings. The molecule has 0 saturated carbocycles. The minimum Gasteiger partial charge on any atom is -0.274 e. The molecule has 0 aromatic rings. The second kappa shape index (κ2) is 19.9. The molecule has 0 amide bonds. The number of rotatable bonds is 0. The summed E-state index contributed by atoms with van der Waals surface area (Å²) in [6.07, 6.45) is 1.86. The van der Waals surface area contributed by atoms with Crippen LogP contribution >= 0.6 is 12.6 Å². The second-order valence-corrected chi connectivity index (χ2v) is 0.781. The van der Waals surface area contributed by atoms with Gasteiger partial charge < -0.3 is 0 Å². The van der Waals surface area contributed by atoms with Crippen molar-refractivity contribution in [2.24, 2.45) is 11.7 Å². The van der Waals surface area contributed by atoms with E-state index in [1.54, 1.807) is 5.41 Å². The van der Waals surface area contributed by atoms with E-state index in [0.717, 1.165) is 0 Å². The van der Waals surface area contributed by atoms with Crippen LogP contribution in [0.1, 0.15) is 6.92 Å². The number of allylic oxidation sites excluding steroid dienone is 1. The lowest BCUT2D eigenvalue weighted by atomic mass is 10.8. The Hall–Kier alpha value is 0.01000. The third-order valence-electron chi connectivity index (χ3n) is 0.149.